The minimum absolute atomic E-state index is 0.0583. The van der Waals surface area contributed by atoms with Gasteiger partial charge >= 0.3 is 0 Å². The van der Waals surface area contributed by atoms with Gasteiger partial charge in [0.25, 0.3) is 5.56 Å². The maximum atomic E-state index is 13.0. The number of aliphatic hydroxyl groups excluding tert-OH is 1. The van der Waals surface area contributed by atoms with E-state index in [-0.39, 0.29) is 24.2 Å². The molecule has 1 atom stereocenters. The molecule has 0 spiro atoms. The van der Waals surface area contributed by atoms with Gasteiger partial charge in [-0.15, -0.1) is 0 Å². The highest BCUT2D eigenvalue weighted by molar-refractivity contribution is 6.31. The zero-order valence-corrected chi connectivity index (χ0v) is 17.8. The van der Waals surface area contributed by atoms with Gasteiger partial charge in [-0.25, -0.2) is 9.97 Å². The lowest BCUT2D eigenvalue weighted by Gasteiger charge is -2.23. The second-order valence-electron chi connectivity index (χ2n) is 7.51. The van der Waals surface area contributed by atoms with Crippen LogP contribution < -0.4 is 10.9 Å². The normalized spacial score (nSPS) is 15.5. The third-order valence-corrected chi connectivity index (χ3v) is 5.80. The maximum absolute atomic E-state index is 13.0. The summed E-state index contributed by atoms with van der Waals surface area (Å²) in [7, 11) is 0. The first-order chi connectivity index (χ1) is 15.2. The lowest BCUT2D eigenvalue weighted by molar-refractivity contribution is 0.0903. The van der Waals surface area contributed by atoms with Gasteiger partial charge < -0.3 is 19.7 Å². The van der Waals surface area contributed by atoms with E-state index in [1.807, 2.05) is 24.3 Å². The summed E-state index contributed by atoms with van der Waals surface area (Å²) < 4.78 is 6.99. The zero-order chi connectivity index (χ0) is 21.6. The Morgan fingerprint density at radius 1 is 1.23 bits per heavy atom. The maximum Gasteiger partial charge on any atom is 0.251 e. The average Bonchev–Trinajstić information content (AvgIpc) is 2.79. The Labute approximate surface area is 185 Å². The van der Waals surface area contributed by atoms with Gasteiger partial charge in [0.05, 0.1) is 11.7 Å². The van der Waals surface area contributed by atoms with Crippen molar-refractivity contribution in [2.24, 2.45) is 0 Å². The lowest BCUT2D eigenvalue weighted by atomic mass is 10.0. The van der Waals surface area contributed by atoms with Gasteiger partial charge in [-0.05, 0) is 43.0 Å². The van der Waals surface area contributed by atoms with Crippen LogP contribution in [0.1, 0.15) is 30.9 Å². The van der Waals surface area contributed by atoms with Gasteiger partial charge in [0.1, 0.15) is 0 Å². The number of halogens is 1. The van der Waals surface area contributed by atoms with Crippen LogP contribution in [-0.4, -0.2) is 45.5 Å². The molecule has 0 radical (unpaired) electrons. The van der Waals surface area contributed by atoms with E-state index < -0.39 is 0 Å². The van der Waals surface area contributed by atoms with Crippen molar-refractivity contribution in [3.63, 3.8) is 0 Å². The molecule has 0 amide bonds. The molecule has 2 N–H and O–H groups in total. The number of nitrogens with one attached hydrogen (secondary N) is 1. The van der Waals surface area contributed by atoms with E-state index in [0.717, 1.165) is 31.6 Å². The van der Waals surface area contributed by atoms with Crippen LogP contribution in [0.5, 0.6) is 0 Å². The monoisotopic (exact) mass is 440 g/mol. The molecule has 31 heavy (non-hydrogen) atoms. The van der Waals surface area contributed by atoms with Gasteiger partial charge in [0.2, 0.25) is 5.95 Å². The van der Waals surface area contributed by atoms with Crippen molar-refractivity contribution in [1.29, 1.82) is 0 Å². The molecule has 1 aliphatic rings. The van der Waals surface area contributed by atoms with E-state index in [1.54, 1.807) is 35.2 Å². The van der Waals surface area contributed by atoms with Crippen LogP contribution in [0.25, 0.3) is 11.3 Å². The van der Waals surface area contributed by atoms with E-state index in [9.17, 15) is 9.90 Å². The predicted octanol–water partition coefficient (Wildman–Crippen LogP) is 3.52. The summed E-state index contributed by atoms with van der Waals surface area (Å²) >= 11 is 6.35. The second kappa shape index (κ2) is 10.0. The van der Waals surface area contributed by atoms with Crippen LogP contribution in [0, 0.1) is 0 Å². The van der Waals surface area contributed by atoms with Gasteiger partial charge in [-0.1, -0.05) is 29.8 Å². The zero-order valence-electron chi connectivity index (χ0n) is 17.1. The number of hydrogen-bond acceptors (Lipinski definition) is 6. The molecular formula is C23H25ClN4O3. The third-order valence-electron chi connectivity index (χ3n) is 5.46. The molecule has 1 saturated heterocycles. The molecule has 1 aromatic carbocycles. The first kappa shape index (κ1) is 21.5. The first-order valence-corrected chi connectivity index (χ1v) is 10.8. The second-order valence-corrected chi connectivity index (χ2v) is 7.91. The molecule has 3 heterocycles. The van der Waals surface area contributed by atoms with Crippen molar-refractivity contribution in [2.75, 3.05) is 25.1 Å². The number of benzene rings is 1. The van der Waals surface area contributed by atoms with Crippen LogP contribution in [0.15, 0.2) is 59.7 Å². The highest BCUT2D eigenvalue weighted by Gasteiger charge is 2.18. The highest BCUT2D eigenvalue weighted by Crippen LogP contribution is 2.28. The summed E-state index contributed by atoms with van der Waals surface area (Å²) in [5.41, 5.74) is 2.00. The van der Waals surface area contributed by atoms with E-state index >= 15 is 0 Å². The average molecular weight is 441 g/mol. The number of rotatable bonds is 7. The minimum Gasteiger partial charge on any atom is -0.396 e. The van der Waals surface area contributed by atoms with Crippen molar-refractivity contribution >= 4 is 17.5 Å². The van der Waals surface area contributed by atoms with Crippen molar-refractivity contribution in [1.82, 2.24) is 14.5 Å². The topological polar surface area (TPSA) is 89.3 Å². The predicted molar refractivity (Wildman–Crippen MR) is 120 cm³/mol. The number of nitrogens with zero attached hydrogens (tertiary/aromatic N) is 3. The fourth-order valence-electron chi connectivity index (χ4n) is 3.83. The van der Waals surface area contributed by atoms with Crippen LogP contribution in [0.3, 0.4) is 0 Å². The summed E-state index contributed by atoms with van der Waals surface area (Å²) in [6.07, 6.45) is 5.63. The number of anilines is 1. The molecule has 0 aliphatic carbocycles. The number of aliphatic hydroxyl groups is 1. The molecule has 4 rings (SSSR count). The van der Waals surface area contributed by atoms with Crippen molar-refractivity contribution in [2.45, 2.75) is 31.3 Å². The Bertz CT molecular complexity index is 1080. The smallest absolute Gasteiger partial charge is 0.251 e. The third kappa shape index (κ3) is 5.12. The number of aromatic nitrogens is 3. The molecule has 0 saturated carbocycles. The minimum atomic E-state index is -0.351. The molecule has 0 unspecified atom stereocenters. The van der Waals surface area contributed by atoms with E-state index in [4.69, 9.17) is 16.3 Å². The lowest BCUT2D eigenvalue weighted by Crippen LogP contribution is -2.28. The largest absolute Gasteiger partial charge is 0.396 e. The van der Waals surface area contributed by atoms with Crippen LogP contribution >= 0.6 is 11.6 Å². The molecule has 1 fully saturated rings. The quantitative estimate of drug-likeness (QED) is 0.584. The van der Waals surface area contributed by atoms with E-state index in [0.29, 0.717) is 28.6 Å². The summed E-state index contributed by atoms with van der Waals surface area (Å²) in [6.45, 7) is 1.41. The molecule has 0 bridgehead atoms. The molecule has 3 aromatic rings. The van der Waals surface area contributed by atoms with Crippen LogP contribution in [0.4, 0.5) is 5.95 Å². The Hall–Kier alpha value is -2.74. The Morgan fingerprint density at radius 3 is 2.77 bits per heavy atom. The fourth-order valence-corrected chi connectivity index (χ4v) is 4.09. The summed E-state index contributed by atoms with van der Waals surface area (Å²) in [4.78, 5) is 21.9. The fraction of sp³-hybridized carbons (Fsp3) is 0.348. The van der Waals surface area contributed by atoms with Gasteiger partial charge in [-0.3, -0.25) is 4.79 Å². The molecular weight excluding hydrogens is 416 g/mol. The Morgan fingerprint density at radius 2 is 2.03 bits per heavy atom. The van der Waals surface area contributed by atoms with Gasteiger partial charge in [0.15, 0.2) is 0 Å². The molecule has 2 aromatic heterocycles. The Balaban J connectivity index is 1.60. The van der Waals surface area contributed by atoms with Crippen molar-refractivity contribution in [3.8, 4) is 11.3 Å². The van der Waals surface area contributed by atoms with E-state index in [1.165, 1.54) is 0 Å². The highest BCUT2D eigenvalue weighted by atomic mass is 35.5. The number of hydrogen-bond donors (Lipinski definition) is 2. The van der Waals surface area contributed by atoms with Crippen molar-refractivity contribution in [3.05, 3.63) is 75.8 Å². The van der Waals surface area contributed by atoms with Crippen molar-refractivity contribution < 1.29 is 9.84 Å². The molecule has 7 nitrogen and oxygen atoms in total. The van der Waals surface area contributed by atoms with E-state index in [2.05, 4.69) is 15.3 Å². The number of pyridine rings is 1. The molecule has 8 heteroatoms. The van der Waals surface area contributed by atoms with Gasteiger partial charge in [0, 0.05) is 54.9 Å². The SMILES string of the molecule is O=c1cc(-c2ccnc(NC3CCOCC3)n2)ccn1[C@H](CCO)c1ccccc1Cl. The summed E-state index contributed by atoms with van der Waals surface area (Å²) in [6, 6.07) is 12.5. The Kier molecular flexibility index (Phi) is 6.96. The number of ether oxygens (including phenoxy) is 1. The first-order valence-electron chi connectivity index (χ1n) is 10.4. The summed E-state index contributed by atoms with van der Waals surface area (Å²) in [5, 5.41) is 13.5. The standard InChI is InChI=1S/C23H25ClN4O3/c24-19-4-2-1-3-18(19)21(7-12-29)28-11-6-16(15-22(28)30)20-5-10-25-23(27-20)26-17-8-13-31-14-9-17/h1-6,10-11,15,17,21,29H,7-9,12-14H2,(H,25,26,27)/t21-/m1/s1. The van der Waals surface area contributed by atoms with Gasteiger partial charge in [-0.2, -0.15) is 0 Å². The summed E-state index contributed by atoms with van der Waals surface area (Å²) in [5.74, 6) is 0.544. The molecule has 162 valence electrons. The van der Waals surface area contributed by atoms with Crippen LogP contribution in [0.2, 0.25) is 5.02 Å². The molecule has 1 aliphatic heterocycles. The van der Waals surface area contributed by atoms with Crippen LogP contribution in [-0.2, 0) is 4.74 Å².